The summed E-state index contributed by atoms with van der Waals surface area (Å²) in [4.78, 5) is 17.9. The molecule has 0 atom stereocenters. The molecular formula is C17H17N3OS. The molecule has 3 aromatic rings. The second-order valence-corrected chi connectivity index (χ2v) is 6.72. The van der Waals surface area contributed by atoms with Crippen LogP contribution < -0.4 is 5.32 Å². The molecule has 1 amide bonds. The Morgan fingerprint density at radius 2 is 2.14 bits per heavy atom. The van der Waals surface area contributed by atoms with Crippen LogP contribution in [0.4, 0.5) is 0 Å². The standard InChI is InChI=1S/C17H17N3OS/c21-15(11-14-12-20-9-10-22-16(20)18-14)19-17(7-4-8-17)13-5-2-1-3-6-13/h1-3,5-6,9-10,12H,4,7-8,11H2,(H,19,21). The Kier molecular flexibility index (Phi) is 3.22. The molecule has 1 aliphatic carbocycles. The summed E-state index contributed by atoms with van der Waals surface area (Å²) in [6.45, 7) is 0. The van der Waals surface area contributed by atoms with E-state index in [0.717, 1.165) is 29.9 Å². The molecule has 0 unspecified atom stereocenters. The fraction of sp³-hybridized carbons (Fsp3) is 0.294. The summed E-state index contributed by atoms with van der Waals surface area (Å²) < 4.78 is 1.96. The molecule has 0 saturated heterocycles. The smallest absolute Gasteiger partial charge is 0.226 e. The zero-order chi connectivity index (χ0) is 15.0. The number of thiazole rings is 1. The lowest BCUT2D eigenvalue weighted by Crippen LogP contribution is -2.51. The molecule has 4 nitrogen and oxygen atoms in total. The van der Waals surface area contributed by atoms with Crippen molar-refractivity contribution in [3.63, 3.8) is 0 Å². The summed E-state index contributed by atoms with van der Waals surface area (Å²) in [6.07, 6.45) is 7.42. The third-order valence-corrected chi connectivity index (χ3v) is 5.17. The molecule has 1 aromatic carbocycles. The summed E-state index contributed by atoms with van der Waals surface area (Å²) in [7, 11) is 0. The van der Waals surface area contributed by atoms with Crippen LogP contribution in [0.1, 0.15) is 30.5 Å². The highest BCUT2D eigenvalue weighted by Gasteiger charge is 2.39. The second kappa shape index (κ2) is 5.25. The maximum atomic E-state index is 12.4. The Morgan fingerprint density at radius 1 is 1.32 bits per heavy atom. The van der Waals surface area contributed by atoms with Crippen LogP contribution in [0.15, 0.2) is 48.1 Å². The van der Waals surface area contributed by atoms with Gasteiger partial charge in [-0.1, -0.05) is 30.3 Å². The fourth-order valence-corrected chi connectivity index (χ4v) is 3.83. The van der Waals surface area contributed by atoms with E-state index in [0.29, 0.717) is 6.42 Å². The lowest BCUT2D eigenvalue weighted by atomic mass is 9.71. The van der Waals surface area contributed by atoms with Gasteiger partial charge in [-0.25, -0.2) is 4.98 Å². The second-order valence-electron chi connectivity index (χ2n) is 5.85. The number of rotatable bonds is 4. The molecule has 0 aliphatic heterocycles. The SMILES string of the molecule is O=C(Cc1cn2ccsc2n1)NC1(c2ccccc2)CCC1. The van der Waals surface area contributed by atoms with Gasteiger partial charge >= 0.3 is 0 Å². The van der Waals surface area contributed by atoms with Crippen LogP contribution in [-0.2, 0) is 16.8 Å². The first kappa shape index (κ1) is 13.5. The Hall–Kier alpha value is -2.14. The monoisotopic (exact) mass is 311 g/mol. The zero-order valence-corrected chi connectivity index (χ0v) is 13.0. The summed E-state index contributed by atoms with van der Waals surface area (Å²) in [5, 5.41) is 5.24. The molecule has 1 N–H and O–H groups in total. The van der Waals surface area contributed by atoms with Gasteiger partial charge in [0.05, 0.1) is 17.7 Å². The van der Waals surface area contributed by atoms with Crippen molar-refractivity contribution in [2.45, 2.75) is 31.2 Å². The van der Waals surface area contributed by atoms with Crippen LogP contribution in [0.3, 0.4) is 0 Å². The van der Waals surface area contributed by atoms with Crippen LogP contribution in [0.25, 0.3) is 4.96 Å². The predicted molar refractivity (Wildman–Crippen MR) is 86.9 cm³/mol. The van der Waals surface area contributed by atoms with Crippen molar-refractivity contribution in [2.75, 3.05) is 0 Å². The van der Waals surface area contributed by atoms with Crippen LogP contribution in [0.5, 0.6) is 0 Å². The number of hydrogen-bond acceptors (Lipinski definition) is 3. The molecular weight excluding hydrogens is 294 g/mol. The average molecular weight is 311 g/mol. The zero-order valence-electron chi connectivity index (χ0n) is 12.2. The molecule has 1 fully saturated rings. The van der Waals surface area contributed by atoms with Crippen molar-refractivity contribution in [1.29, 1.82) is 0 Å². The Labute approximate surface area is 132 Å². The number of imidazole rings is 1. The third-order valence-electron chi connectivity index (χ3n) is 4.40. The van der Waals surface area contributed by atoms with Gasteiger partial charge in [-0.2, -0.15) is 0 Å². The van der Waals surface area contributed by atoms with E-state index in [4.69, 9.17) is 0 Å². The average Bonchev–Trinajstić information content (AvgIpc) is 3.05. The predicted octanol–water partition coefficient (Wildman–Crippen LogP) is 3.13. The van der Waals surface area contributed by atoms with E-state index >= 15 is 0 Å². The quantitative estimate of drug-likeness (QED) is 0.804. The maximum absolute atomic E-state index is 12.4. The first-order valence-electron chi connectivity index (χ1n) is 7.53. The fourth-order valence-electron chi connectivity index (χ4n) is 3.11. The van der Waals surface area contributed by atoms with Gasteiger partial charge in [-0.05, 0) is 24.8 Å². The van der Waals surface area contributed by atoms with Crippen molar-refractivity contribution < 1.29 is 4.79 Å². The van der Waals surface area contributed by atoms with Crippen molar-refractivity contribution >= 4 is 22.2 Å². The van der Waals surface area contributed by atoms with Crippen LogP contribution in [0.2, 0.25) is 0 Å². The Bertz CT molecular complexity index is 773. The van der Waals surface area contributed by atoms with Gasteiger partial charge in [0.2, 0.25) is 5.91 Å². The van der Waals surface area contributed by atoms with Crippen molar-refractivity contribution in [3.05, 3.63) is 59.4 Å². The molecule has 0 radical (unpaired) electrons. The van der Waals surface area contributed by atoms with Crippen LogP contribution in [-0.4, -0.2) is 15.3 Å². The minimum absolute atomic E-state index is 0.0503. The lowest BCUT2D eigenvalue weighted by molar-refractivity contribution is -0.123. The summed E-state index contributed by atoms with van der Waals surface area (Å²) in [5.74, 6) is 0.0503. The summed E-state index contributed by atoms with van der Waals surface area (Å²) in [6, 6.07) is 10.3. The highest BCUT2D eigenvalue weighted by atomic mass is 32.1. The van der Waals surface area contributed by atoms with E-state index in [-0.39, 0.29) is 11.4 Å². The van der Waals surface area contributed by atoms with Gasteiger partial charge in [0, 0.05) is 17.8 Å². The van der Waals surface area contributed by atoms with Crippen molar-refractivity contribution in [1.82, 2.24) is 14.7 Å². The van der Waals surface area contributed by atoms with Gasteiger partial charge in [0.25, 0.3) is 0 Å². The normalized spacial score (nSPS) is 16.4. The minimum atomic E-state index is -0.171. The molecule has 112 valence electrons. The molecule has 0 spiro atoms. The number of carbonyl (C=O) groups excluding carboxylic acids is 1. The van der Waals surface area contributed by atoms with Gasteiger partial charge < -0.3 is 5.32 Å². The van der Waals surface area contributed by atoms with Crippen molar-refractivity contribution in [3.8, 4) is 0 Å². The maximum Gasteiger partial charge on any atom is 0.226 e. The minimum Gasteiger partial charge on any atom is -0.346 e. The molecule has 1 saturated carbocycles. The molecule has 22 heavy (non-hydrogen) atoms. The Morgan fingerprint density at radius 3 is 2.82 bits per heavy atom. The number of carbonyl (C=O) groups is 1. The van der Waals surface area contributed by atoms with E-state index in [1.807, 2.05) is 40.4 Å². The molecule has 1 aliphatic rings. The highest BCUT2D eigenvalue weighted by molar-refractivity contribution is 7.15. The first-order valence-corrected chi connectivity index (χ1v) is 8.41. The number of amides is 1. The van der Waals surface area contributed by atoms with E-state index in [2.05, 4.69) is 22.4 Å². The number of nitrogens with zero attached hydrogens (tertiary/aromatic N) is 2. The number of benzene rings is 1. The Balaban J connectivity index is 1.50. The van der Waals surface area contributed by atoms with Crippen LogP contribution >= 0.6 is 11.3 Å². The molecule has 2 aromatic heterocycles. The van der Waals surface area contributed by atoms with E-state index < -0.39 is 0 Å². The molecule has 0 bridgehead atoms. The number of fused-ring (bicyclic) bond motifs is 1. The van der Waals surface area contributed by atoms with Gasteiger partial charge in [-0.15, -0.1) is 11.3 Å². The number of nitrogens with one attached hydrogen (secondary N) is 1. The van der Waals surface area contributed by atoms with Crippen molar-refractivity contribution in [2.24, 2.45) is 0 Å². The largest absolute Gasteiger partial charge is 0.346 e. The molecule has 2 heterocycles. The van der Waals surface area contributed by atoms with Crippen LogP contribution in [0, 0.1) is 0 Å². The molecule has 4 rings (SSSR count). The topological polar surface area (TPSA) is 46.4 Å². The number of hydrogen-bond donors (Lipinski definition) is 1. The van der Waals surface area contributed by atoms with E-state index in [1.54, 1.807) is 11.3 Å². The molecule has 5 heteroatoms. The first-order chi connectivity index (χ1) is 10.8. The van der Waals surface area contributed by atoms with E-state index in [1.165, 1.54) is 5.56 Å². The van der Waals surface area contributed by atoms with Gasteiger partial charge in [-0.3, -0.25) is 9.20 Å². The van der Waals surface area contributed by atoms with Gasteiger partial charge in [0.15, 0.2) is 4.96 Å². The third kappa shape index (κ3) is 2.31. The summed E-state index contributed by atoms with van der Waals surface area (Å²) in [5.41, 5.74) is 1.86. The van der Waals surface area contributed by atoms with E-state index in [9.17, 15) is 4.79 Å². The van der Waals surface area contributed by atoms with Gasteiger partial charge in [0.1, 0.15) is 0 Å². The summed E-state index contributed by atoms with van der Waals surface area (Å²) >= 11 is 1.58. The lowest BCUT2D eigenvalue weighted by Gasteiger charge is -2.43. The highest BCUT2D eigenvalue weighted by Crippen LogP contribution is 2.41. The number of aromatic nitrogens is 2.